The zero-order chi connectivity index (χ0) is 13.7. The Hall–Kier alpha value is -1.35. The molecule has 3 heteroatoms. The van der Waals surface area contributed by atoms with Gasteiger partial charge in [-0.3, -0.25) is 4.79 Å². The van der Waals surface area contributed by atoms with E-state index in [9.17, 15) is 4.79 Å². The number of rotatable bonds is 4. The summed E-state index contributed by atoms with van der Waals surface area (Å²) in [5.41, 5.74) is 1.88. The number of hydrogen-bond acceptors (Lipinski definition) is 2. The largest absolute Gasteiger partial charge is 0.326 e. The lowest BCUT2D eigenvalue weighted by molar-refractivity contribution is -0.127. The molecule has 1 aromatic rings. The number of benzene rings is 1. The molecular weight excluding hydrogens is 236 g/mol. The Morgan fingerprint density at radius 3 is 2.68 bits per heavy atom. The van der Waals surface area contributed by atoms with E-state index in [1.54, 1.807) is 0 Å². The predicted octanol–water partition coefficient (Wildman–Crippen LogP) is 3.10. The Bertz CT molecular complexity index is 413. The zero-order valence-corrected chi connectivity index (χ0v) is 12.0. The highest BCUT2D eigenvalue weighted by Crippen LogP contribution is 2.33. The van der Waals surface area contributed by atoms with Crippen molar-refractivity contribution in [2.75, 3.05) is 18.4 Å². The van der Waals surface area contributed by atoms with Crippen molar-refractivity contribution in [3.63, 3.8) is 0 Å². The number of hydrogen-bond donors (Lipinski definition) is 2. The van der Waals surface area contributed by atoms with Crippen LogP contribution in [0.3, 0.4) is 0 Å². The Labute approximate surface area is 115 Å². The average molecular weight is 260 g/mol. The molecule has 0 aromatic heterocycles. The quantitative estimate of drug-likeness (QED) is 0.873. The first kappa shape index (κ1) is 14.1. The van der Waals surface area contributed by atoms with Crippen LogP contribution in [-0.4, -0.2) is 19.0 Å². The highest BCUT2D eigenvalue weighted by Gasteiger charge is 2.38. The maximum Gasteiger partial charge on any atom is 0.231 e. The van der Waals surface area contributed by atoms with E-state index in [1.807, 2.05) is 24.3 Å². The van der Waals surface area contributed by atoms with Crippen molar-refractivity contribution in [3.05, 3.63) is 29.8 Å². The van der Waals surface area contributed by atoms with Crippen LogP contribution in [0.5, 0.6) is 0 Å². The van der Waals surface area contributed by atoms with E-state index in [0.29, 0.717) is 0 Å². The van der Waals surface area contributed by atoms with Crippen LogP contribution in [0.15, 0.2) is 24.3 Å². The van der Waals surface area contributed by atoms with Crippen molar-refractivity contribution in [1.82, 2.24) is 5.32 Å². The van der Waals surface area contributed by atoms with Crippen molar-refractivity contribution in [3.8, 4) is 0 Å². The molecule has 1 saturated heterocycles. The topological polar surface area (TPSA) is 41.1 Å². The molecule has 0 aliphatic carbocycles. The van der Waals surface area contributed by atoms with Crippen LogP contribution >= 0.6 is 0 Å². The van der Waals surface area contributed by atoms with Crippen LogP contribution < -0.4 is 10.6 Å². The summed E-state index contributed by atoms with van der Waals surface area (Å²) in [7, 11) is 0. The van der Waals surface area contributed by atoms with Crippen molar-refractivity contribution < 1.29 is 4.79 Å². The summed E-state index contributed by atoms with van der Waals surface area (Å²) < 4.78 is 0. The molecule has 2 N–H and O–H groups in total. The molecule has 1 heterocycles. The zero-order valence-electron chi connectivity index (χ0n) is 12.0. The lowest BCUT2D eigenvalue weighted by Gasteiger charge is -2.36. The Balaban J connectivity index is 2.09. The minimum absolute atomic E-state index is 0.172. The van der Waals surface area contributed by atoms with Gasteiger partial charge in [-0.25, -0.2) is 0 Å². The predicted molar refractivity (Wildman–Crippen MR) is 79.3 cm³/mol. The van der Waals surface area contributed by atoms with Crippen molar-refractivity contribution in [2.24, 2.45) is 5.41 Å². The fourth-order valence-corrected chi connectivity index (χ4v) is 2.87. The highest BCUT2D eigenvalue weighted by molar-refractivity contribution is 5.95. The average Bonchev–Trinajstić information content (AvgIpc) is 2.43. The minimum atomic E-state index is -0.224. The maximum atomic E-state index is 12.6. The fourth-order valence-electron chi connectivity index (χ4n) is 2.87. The van der Waals surface area contributed by atoms with E-state index in [0.717, 1.165) is 44.5 Å². The Morgan fingerprint density at radius 2 is 2.11 bits per heavy atom. The van der Waals surface area contributed by atoms with Gasteiger partial charge < -0.3 is 10.6 Å². The number of piperidine rings is 1. The summed E-state index contributed by atoms with van der Waals surface area (Å²) in [5.74, 6) is 0.172. The fraction of sp³-hybridized carbons (Fsp3) is 0.562. The number of carbonyl (C=O) groups excluding carboxylic acids is 1. The molecule has 1 amide bonds. The number of carbonyl (C=O) groups is 1. The van der Waals surface area contributed by atoms with Crippen molar-refractivity contribution in [1.29, 1.82) is 0 Å². The van der Waals surface area contributed by atoms with Crippen molar-refractivity contribution in [2.45, 2.75) is 39.5 Å². The van der Waals surface area contributed by atoms with Gasteiger partial charge in [-0.2, -0.15) is 0 Å². The SMILES string of the molecule is CCCC1(C(=O)Nc2ccc(C)cc2)CCCNC1. The van der Waals surface area contributed by atoms with Crippen LogP contribution in [0.25, 0.3) is 0 Å². The first-order chi connectivity index (χ1) is 9.16. The van der Waals surface area contributed by atoms with Gasteiger partial charge in [0.05, 0.1) is 5.41 Å². The van der Waals surface area contributed by atoms with E-state index >= 15 is 0 Å². The van der Waals surface area contributed by atoms with E-state index in [4.69, 9.17) is 0 Å². The van der Waals surface area contributed by atoms with E-state index in [1.165, 1.54) is 5.56 Å². The summed E-state index contributed by atoms with van der Waals surface area (Å²) in [6.07, 6.45) is 4.08. The second kappa shape index (κ2) is 6.20. The third kappa shape index (κ3) is 3.35. The highest BCUT2D eigenvalue weighted by atomic mass is 16.2. The van der Waals surface area contributed by atoms with Gasteiger partial charge in [0.1, 0.15) is 0 Å². The molecule has 2 rings (SSSR count). The molecule has 3 nitrogen and oxygen atoms in total. The van der Waals surface area contributed by atoms with Crippen LogP contribution in [0.1, 0.15) is 38.2 Å². The first-order valence-electron chi connectivity index (χ1n) is 7.25. The third-order valence-electron chi connectivity index (χ3n) is 3.99. The van der Waals surface area contributed by atoms with Gasteiger partial charge in [-0.15, -0.1) is 0 Å². The minimum Gasteiger partial charge on any atom is -0.326 e. The molecule has 1 aliphatic rings. The molecule has 1 aliphatic heterocycles. The second-order valence-electron chi connectivity index (χ2n) is 5.63. The third-order valence-corrected chi connectivity index (χ3v) is 3.99. The van der Waals surface area contributed by atoms with E-state index in [-0.39, 0.29) is 11.3 Å². The number of amides is 1. The summed E-state index contributed by atoms with van der Waals surface area (Å²) in [4.78, 5) is 12.6. The monoisotopic (exact) mass is 260 g/mol. The smallest absolute Gasteiger partial charge is 0.231 e. The summed E-state index contributed by atoms with van der Waals surface area (Å²) in [5, 5.41) is 6.46. The molecule has 0 saturated carbocycles. The van der Waals surface area contributed by atoms with Gasteiger partial charge in [0, 0.05) is 12.2 Å². The lowest BCUT2D eigenvalue weighted by Crippen LogP contribution is -2.48. The molecule has 0 bridgehead atoms. The molecule has 1 aromatic carbocycles. The molecule has 1 fully saturated rings. The van der Waals surface area contributed by atoms with Crippen LogP contribution in [0, 0.1) is 12.3 Å². The Kier molecular flexibility index (Phi) is 4.59. The van der Waals surface area contributed by atoms with E-state index < -0.39 is 0 Å². The molecule has 19 heavy (non-hydrogen) atoms. The number of aryl methyl sites for hydroxylation is 1. The standard InChI is InChI=1S/C16H24N2O/c1-3-9-16(10-4-11-17-12-16)15(19)18-14-7-5-13(2)6-8-14/h5-8,17H,3-4,9-12H2,1-2H3,(H,18,19). The van der Waals surface area contributed by atoms with Gasteiger partial charge in [0.2, 0.25) is 5.91 Å². The van der Waals surface area contributed by atoms with Gasteiger partial charge in [-0.1, -0.05) is 31.0 Å². The van der Waals surface area contributed by atoms with Crippen LogP contribution in [0.4, 0.5) is 5.69 Å². The van der Waals surface area contributed by atoms with Crippen LogP contribution in [-0.2, 0) is 4.79 Å². The van der Waals surface area contributed by atoms with Gasteiger partial charge in [0.15, 0.2) is 0 Å². The number of nitrogens with one attached hydrogen (secondary N) is 2. The normalized spacial score (nSPS) is 23.1. The van der Waals surface area contributed by atoms with Crippen LogP contribution in [0.2, 0.25) is 0 Å². The van der Waals surface area contributed by atoms with E-state index in [2.05, 4.69) is 24.5 Å². The molecular formula is C16H24N2O. The molecule has 0 spiro atoms. The molecule has 0 radical (unpaired) electrons. The lowest BCUT2D eigenvalue weighted by atomic mass is 9.76. The van der Waals surface area contributed by atoms with Crippen molar-refractivity contribution >= 4 is 11.6 Å². The van der Waals surface area contributed by atoms with Gasteiger partial charge >= 0.3 is 0 Å². The summed E-state index contributed by atoms with van der Waals surface area (Å²) in [6, 6.07) is 8.01. The number of anilines is 1. The van der Waals surface area contributed by atoms with Gasteiger partial charge in [0.25, 0.3) is 0 Å². The Morgan fingerprint density at radius 1 is 1.37 bits per heavy atom. The molecule has 104 valence electrons. The summed E-state index contributed by atoms with van der Waals surface area (Å²) >= 11 is 0. The summed E-state index contributed by atoms with van der Waals surface area (Å²) in [6.45, 7) is 6.03. The second-order valence-corrected chi connectivity index (χ2v) is 5.63. The molecule has 1 unspecified atom stereocenters. The molecule has 1 atom stereocenters. The first-order valence-corrected chi connectivity index (χ1v) is 7.25. The maximum absolute atomic E-state index is 12.6. The van der Waals surface area contributed by atoms with Gasteiger partial charge in [-0.05, 0) is 44.9 Å².